The molecule has 0 aliphatic carbocycles. The summed E-state index contributed by atoms with van der Waals surface area (Å²) in [6.07, 6.45) is 4.36. The normalized spacial score (nSPS) is 11.2. The standard InChI is InChI=1S/C14H18N4O4S/c1-11-9-13(17-22-11)18(23(2,20)21)8-5-14(19)16-10-12-3-6-15-7-4-12/h3-4,6-7,9H,5,8,10H2,1-2H3,(H,16,19). The molecule has 2 aromatic rings. The number of carbonyl (C=O) groups is 1. The van der Waals surface area contributed by atoms with E-state index in [1.807, 2.05) is 0 Å². The lowest BCUT2D eigenvalue weighted by Crippen LogP contribution is -2.34. The van der Waals surface area contributed by atoms with Crippen LogP contribution >= 0.6 is 0 Å². The van der Waals surface area contributed by atoms with Gasteiger partial charge in [-0.15, -0.1) is 0 Å². The van der Waals surface area contributed by atoms with Crippen molar-refractivity contribution in [2.24, 2.45) is 0 Å². The Morgan fingerprint density at radius 3 is 2.61 bits per heavy atom. The summed E-state index contributed by atoms with van der Waals surface area (Å²) in [6.45, 7) is 2.02. The number of sulfonamides is 1. The van der Waals surface area contributed by atoms with E-state index in [0.717, 1.165) is 16.1 Å². The molecule has 0 aliphatic rings. The molecule has 0 atom stereocenters. The van der Waals surface area contributed by atoms with Crippen molar-refractivity contribution in [2.45, 2.75) is 19.9 Å². The number of amides is 1. The monoisotopic (exact) mass is 338 g/mol. The van der Waals surface area contributed by atoms with Gasteiger partial charge >= 0.3 is 0 Å². The molecule has 0 fully saturated rings. The molecule has 0 saturated heterocycles. The van der Waals surface area contributed by atoms with E-state index in [1.165, 1.54) is 6.07 Å². The fourth-order valence-corrected chi connectivity index (χ4v) is 2.76. The van der Waals surface area contributed by atoms with E-state index >= 15 is 0 Å². The molecule has 0 aliphatic heterocycles. The molecule has 0 unspecified atom stereocenters. The number of hydrogen-bond acceptors (Lipinski definition) is 6. The van der Waals surface area contributed by atoms with Crippen LogP contribution in [0.2, 0.25) is 0 Å². The van der Waals surface area contributed by atoms with Crippen LogP contribution in [0.4, 0.5) is 5.82 Å². The molecule has 0 saturated carbocycles. The van der Waals surface area contributed by atoms with Crippen LogP contribution in [0.25, 0.3) is 0 Å². The number of aryl methyl sites for hydroxylation is 1. The summed E-state index contributed by atoms with van der Waals surface area (Å²) in [5.41, 5.74) is 0.917. The van der Waals surface area contributed by atoms with Gasteiger partial charge in [-0.2, -0.15) is 0 Å². The van der Waals surface area contributed by atoms with Gasteiger partial charge in [0.2, 0.25) is 15.9 Å². The predicted molar refractivity (Wildman–Crippen MR) is 84.1 cm³/mol. The maximum Gasteiger partial charge on any atom is 0.233 e. The number of rotatable bonds is 7. The van der Waals surface area contributed by atoms with Crippen LogP contribution in [0.15, 0.2) is 35.1 Å². The zero-order valence-corrected chi connectivity index (χ0v) is 13.7. The van der Waals surface area contributed by atoms with Crippen LogP contribution in [0.5, 0.6) is 0 Å². The highest BCUT2D eigenvalue weighted by Gasteiger charge is 2.21. The third-order valence-corrected chi connectivity index (χ3v) is 4.22. The average Bonchev–Trinajstić information content (AvgIpc) is 2.91. The molecule has 1 amide bonds. The number of hydrogen-bond donors (Lipinski definition) is 1. The third-order valence-electron chi connectivity index (χ3n) is 3.05. The molecular formula is C14H18N4O4S. The van der Waals surface area contributed by atoms with Gasteiger partial charge in [-0.25, -0.2) is 8.42 Å². The molecule has 0 spiro atoms. The molecule has 124 valence electrons. The Morgan fingerprint density at radius 1 is 1.35 bits per heavy atom. The fourth-order valence-electron chi connectivity index (χ4n) is 1.91. The van der Waals surface area contributed by atoms with Gasteiger partial charge < -0.3 is 9.84 Å². The number of pyridine rings is 1. The third kappa shape index (κ3) is 5.06. The molecule has 0 bridgehead atoms. The first-order valence-corrected chi connectivity index (χ1v) is 8.78. The van der Waals surface area contributed by atoms with Gasteiger partial charge in [0.25, 0.3) is 0 Å². The van der Waals surface area contributed by atoms with E-state index in [-0.39, 0.29) is 24.7 Å². The summed E-state index contributed by atoms with van der Waals surface area (Å²) in [4.78, 5) is 15.8. The van der Waals surface area contributed by atoms with E-state index in [0.29, 0.717) is 12.3 Å². The van der Waals surface area contributed by atoms with Crippen molar-refractivity contribution in [2.75, 3.05) is 17.1 Å². The molecule has 0 radical (unpaired) electrons. The zero-order valence-electron chi connectivity index (χ0n) is 12.9. The highest BCUT2D eigenvalue weighted by Crippen LogP contribution is 2.17. The van der Waals surface area contributed by atoms with Gasteiger partial charge in [-0.3, -0.25) is 14.1 Å². The van der Waals surface area contributed by atoms with E-state index in [4.69, 9.17) is 4.52 Å². The van der Waals surface area contributed by atoms with Crippen LogP contribution in [0.3, 0.4) is 0 Å². The zero-order chi connectivity index (χ0) is 16.9. The van der Waals surface area contributed by atoms with E-state index in [1.54, 1.807) is 31.5 Å². The van der Waals surface area contributed by atoms with E-state index < -0.39 is 10.0 Å². The first-order chi connectivity index (χ1) is 10.9. The van der Waals surface area contributed by atoms with Gasteiger partial charge in [-0.05, 0) is 24.6 Å². The molecule has 1 N–H and O–H groups in total. The van der Waals surface area contributed by atoms with Gasteiger partial charge in [0.1, 0.15) is 5.76 Å². The highest BCUT2D eigenvalue weighted by molar-refractivity contribution is 7.92. The lowest BCUT2D eigenvalue weighted by molar-refractivity contribution is -0.121. The van der Waals surface area contributed by atoms with Crippen molar-refractivity contribution in [3.05, 3.63) is 41.9 Å². The number of aromatic nitrogens is 2. The second-order valence-corrected chi connectivity index (χ2v) is 6.92. The Labute approximate surface area is 134 Å². The smallest absolute Gasteiger partial charge is 0.233 e. The molecule has 9 heteroatoms. The van der Waals surface area contributed by atoms with Gasteiger partial charge in [0, 0.05) is 38.0 Å². The molecule has 8 nitrogen and oxygen atoms in total. The fraction of sp³-hybridized carbons (Fsp3) is 0.357. The molecule has 2 rings (SSSR count). The second kappa shape index (κ2) is 7.23. The van der Waals surface area contributed by atoms with E-state index in [2.05, 4.69) is 15.5 Å². The van der Waals surface area contributed by atoms with Crippen molar-refractivity contribution >= 4 is 21.7 Å². The summed E-state index contributed by atoms with van der Waals surface area (Å²) < 4.78 is 29.6. The van der Waals surface area contributed by atoms with Crippen LogP contribution in [0.1, 0.15) is 17.7 Å². The summed E-state index contributed by atoms with van der Waals surface area (Å²) >= 11 is 0. The van der Waals surface area contributed by atoms with Crippen molar-refractivity contribution in [1.82, 2.24) is 15.5 Å². The quantitative estimate of drug-likeness (QED) is 0.802. The summed E-state index contributed by atoms with van der Waals surface area (Å²) in [5.74, 6) is 0.415. The van der Waals surface area contributed by atoms with Crippen molar-refractivity contribution in [3.8, 4) is 0 Å². The maximum atomic E-state index is 11.9. The van der Waals surface area contributed by atoms with Crippen LogP contribution < -0.4 is 9.62 Å². The van der Waals surface area contributed by atoms with Crippen molar-refractivity contribution in [1.29, 1.82) is 0 Å². The van der Waals surface area contributed by atoms with Gasteiger partial charge in [0.05, 0.1) is 6.26 Å². The van der Waals surface area contributed by atoms with Crippen LogP contribution in [0, 0.1) is 6.92 Å². The van der Waals surface area contributed by atoms with Gasteiger partial charge in [-0.1, -0.05) is 5.16 Å². The summed E-state index contributed by atoms with van der Waals surface area (Å²) in [7, 11) is -3.54. The molecule has 2 heterocycles. The number of carbonyl (C=O) groups excluding carboxylic acids is 1. The Balaban J connectivity index is 1.92. The van der Waals surface area contributed by atoms with Crippen LogP contribution in [-0.4, -0.2) is 37.3 Å². The number of anilines is 1. The lowest BCUT2D eigenvalue weighted by atomic mass is 10.2. The average molecular weight is 338 g/mol. The topological polar surface area (TPSA) is 105 Å². The Morgan fingerprint density at radius 2 is 2.04 bits per heavy atom. The largest absolute Gasteiger partial charge is 0.360 e. The number of nitrogens with zero attached hydrogens (tertiary/aromatic N) is 3. The minimum absolute atomic E-state index is 0.00696. The van der Waals surface area contributed by atoms with Crippen molar-refractivity contribution < 1.29 is 17.7 Å². The Kier molecular flexibility index (Phi) is 5.32. The van der Waals surface area contributed by atoms with Crippen molar-refractivity contribution in [3.63, 3.8) is 0 Å². The van der Waals surface area contributed by atoms with Gasteiger partial charge in [0.15, 0.2) is 5.82 Å². The Bertz CT molecular complexity index is 758. The minimum Gasteiger partial charge on any atom is -0.360 e. The number of nitrogens with one attached hydrogen (secondary N) is 1. The predicted octanol–water partition coefficient (Wildman–Crippen LogP) is 0.851. The lowest BCUT2D eigenvalue weighted by Gasteiger charge is -2.18. The van der Waals surface area contributed by atoms with Crippen LogP contribution in [-0.2, 0) is 21.4 Å². The maximum absolute atomic E-state index is 11.9. The highest BCUT2D eigenvalue weighted by atomic mass is 32.2. The Hall–Kier alpha value is -2.42. The SMILES string of the molecule is Cc1cc(N(CCC(=O)NCc2ccncc2)S(C)(=O)=O)no1. The first-order valence-electron chi connectivity index (χ1n) is 6.93. The second-order valence-electron chi connectivity index (χ2n) is 5.01. The molecule has 0 aromatic carbocycles. The molecule has 23 heavy (non-hydrogen) atoms. The minimum atomic E-state index is -3.54. The molecule has 2 aromatic heterocycles. The summed E-state index contributed by atoms with van der Waals surface area (Å²) in [6, 6.07) is 5.10. The summed E-state index contributed by atoms with van der Waals surface area (Å²) in [5, 5.41) is 6.42. The first kappa shape index (κ1) is 16.9. The van der Waals surface area contributed by atoms with E-state index in [9.17, 15) is 13.2 Å². The molecular weight excluding hydrogens is 320 g/mol.